The van der Waals surface area contributed by atoms with Crippen LogP contribution in [0.25, 0.3) is 4.85 Å². The van der Waals surface area contributed by atoms with Gasteiger partial charge in [0, 0.05) is 13.1 Å². The first-order valence-electron chi connectivity index (χ1n) is 4.55. The second kappa shape index (κ2) is 4.24. The topological polar surface area (TPSA) is 50.7 Å². The number of hydrogen-bond acceptors (Lipinski definition) is 2. The minimum Gasteiger partial charge on any atom is -0.362 e. The highest BCUT2D eigenvalue weighted by Gasteiger charge is 2.31. The van der Waals surface area contributed by atoms with E-state index in [0.29, 0.717) is 5.92 Å². The van der Waals surface area contributed by atoms with Gasteiger partial charge in [-0.05, 0) is 18.8 Å². The molecule has 1 aliphatic heterocycles. The molecule has 1 amide bonds. The third-order valence-corrected chi connectivity index (χ3v) is 2.54. The molecule has 1 rings (SSSR count). The number of amides is 1. The molecule has 2 N–H and O–H groups in total. The molecule has 0 aliphatic carbocycles. The third kappa shape index (κ3) is 2.43. The molecule has 1 aliphatic rings. The van der Waals surface area contributed by atoms with Crippen LogP contribution in [0.4, 0.5) is 0 Å². The van der Waals surface area contributed by atoms with Gasteiger partial charge in [-0.15, -0.1) is 0 Å². The number of carbonyl (C=O) groups is 1. The molecule has 4 nitrogen and oxygen atoms in total. The first-order valence-corrected chi connectivity index (χ1v) is 4.55. The molecule has 0 bridgehead atoms. The summed E-state index contributed by atoms with van der Waals surface area (Å²) in [5.74, 6) is 0.181. The summed E-state index contributed by atoms with van der Waals surface area (Å²) in [5, 5.41) is 0. The Morgan fingerprint density at radius 3 is 2.54 bits per heavy atom. The van der Waals surface area contributed by atoms with Crippen LogP contribution in [0.3, 0.4) is 0 Å². The van der Waals surface area contributed by atoms with E-state index in [2.05, 4.69) is 11.8 Å². The fourth-order valence-electron chi connectivity index (χ4n) is 1.60. The fraction of sp³-hybridized carbons (Fsp3) is 0.778. The second-order valence-electron chi connectivity index (χ2n) is 3.62. The molecular formula is C9H15N3O. The van der Waals surface area contributed by atoms with Gasteiger partial charge < -0.3 is 5.73 Å². The van der Waals surface area contributed by atoms with Crippen molar-refractivity contribution in [3.05, 3.63) is 11.4 Å². The lowest BCUT2D eigenvalue weighted by Gasteiger charge is -2.28. The molecule has 0 aromatic rings. The number of hydrogen-bond donors (Lipinski definition) is 1. The number of nitrogens with zero attached hydrogens (tertiary/aromatic N) is 2. The van der Waals surface area contributed by atoms with Crippen molar-refractivity contribution in [1.82, 2.24) is 4.90 Å². The smallest absolute Gasteiger partial charge is 0.357 e. The van der Waals surface area contributed by atoms with Crippen molar-refractivity contribution in [3.63, 3.8) is 0 Å². The Morgan fingerprint density at radius 1 is 1.62 bits per heavy atom. The molecule has 0 aromatic carbocycles. The fourth-order valence-corrected chi connectivity index (χ4v) is 1.60. The van der Waals surface area contributed by atoms with Gasteiger partial charge in [0.1, 0.15) is 0 Å². The Balaban J connectivity index is 2.52. The van der Waals surface area contributed by atoms with E-state index in [0.717, 1.165) is 25.9 Å². The number of piperidine rings is 1. The van der Waals surface area contributed by atoms with Crippen molar-refractivity contribution in [2.45, 2.75) is 25.9 Å². The van der Waals surface area contributed by atoms with Gasteiger partial charge in [0.25, 0.3) is 0 Å². The van der Waals surface area contributed by atoms with E-state index in [1.165, 1.54) is 0 Å². The van der Waals surface area contributed by atoms with Crippen LogP contribution in [-0.2, 0) is 4.79 Å². The zero-order valence-corrected chi connectivity index (χ0v) is 7.86. The first-order chi connectivity index (χ1) is 6.15. The maximum Gasteiger partial charge on any atom is 0.357 e. The van der Waals surface area contributed by atoms with Crippen LogP contribution in [0, 0.1) is 12.5 Å². The summed E-state index contributed by atoms with van der Waals surface area (Å²) < 4.78 is 0. The second-order valence-corrected chi connectivity index (χ2v) is 3.62. The van der Waals surface area contributed by atoms with Crippen LogP contribution in [-0.4, -0.2) is 30.1 Å². The van der Waals surface area contributed by atoms with E-state index in [-0.39, 0.29) is 0 Å². The molecular weight excluding hydrogens is 166 g/mol. The predicted octanol–water partition coefficient (Wildman–Crippen LogP) is 0.449. The molecule has 0 radical (unpaired) electrons. The summed E-state index contributed by atoms with van der Waals surface area (Å²) in [7, 11) is 0. The van der Waals surface area contributed by atoms with Crippen molar-refractivity contribution in [1.29, 1.82) is 0 Å². The monoisotopic (exact) mass is 181 g/mol. The predicted molar refractivity (Wildman–Crippen MR) is 49.6 cm³/mol. The Kier molecular flexibility index (Phi) is 3.26. The molecule has 1 saturated heterocycles. The summed E-state index contributed by atoms with van der Waals surface area (Å²) >= 11 is 0. The SMILES string of the molecule is [C-]#[N+]C(C(N)=O)N1CCC(C)CC1. The number of likely N-dealkylation sites (tertiary alicyclic amines) is 1. The van der Waals surface area contributed by atoms with Crippen molar-refractivity contribution >= 4 is 5.91 Å². The Bertz CT molecular complexity index is 226. The first kappa shape index (κ1) is 10.0. The van der Waals surface area contributed by atoms with Gasteiger partial charge >= 0.3 is 12.1 Å². The highest BCUT2D eigenvalue weighted by atomic mass is 16.1. The average molecular weight is 181 g/mol. The molecule has 0 saturated carbocycles. The summed E-state index contributed by atoms with van der Waals surface area (Å²) in [4.78, 5) is 16.0. The number of rotatable bonds is 2. The minimum absolute atomic E-state index is 0.524. The van der Waals surface area contributed by atoms with Gasteiger partial charge in [0.15, 0.2) is 0 Å². The number of primary amides is 1. The maximum absolute atomic E-state index is 10.9. The van der Waals surface area contributed by atoms with Crippen molar-refractivity contribution in [3.8, 4) is 0 Å². The van der Waals surface area contributed by atoms with Gasteiger partial charge in [-0.3, -0.25) is 9.64 Å². The van der Waals surface area contributed by atoms with E-state index < -0.39 is 12.1 Å². The van der Waals surface area contributed by atoms with Gasteiger partial charge in [0.05, 0.1) is 0 Å². The van der Waals surface area contributed by atoms with Crippen molar-refractivity contribution in [2.24, 2.45) is 11.7 Å². The molecule has 1 unspecified atom stereocenters. The van der Waals surface area contributed by atoms with E-state index in [4.69, 9.17) is 12.3 Å². The van der Waals surface area contributed by atoms with Gasteiger partial charge in [-0.2, -0.15) is 0 Å². The summed E-state index contributed by atoms with van der Waals surface area (Å²) in [6.45, 7) is 10.7. The molecule has 13 heavy (non-hydrogen) atoms. The molecule has 1 fully saturated rings. The average Bonchev–Trinajstić information content (AvgIpc) is 2.09. The van der Waals surface area contributed by atoms with Gasteiger partial charge in [-0.25, -0.2) is 11.5 Å². The standard InChI is InChI=1S/C9H15N3O/c1-7-3-5-12(6-4-7)9(11-2)8(10)13/h7,9H,3-6H2,1H3,(H2,10,13). The lowest BCUT2D eigenvalue weighted by molar-refractivity contribution is -0.122. The lowest BCUT2D eigenvalue weighted by Crippen LogP contribution is -2.46. The molecule has 0 aromatic heterocycles. The van der Waals surface area contributed by atoms with Gasteiger partial charge in [-0.1, -0.05) is 6.92 Å². The number of carbonyl (C=O) groups excluding carboxylic acids is 1. The van der Waals surface area contributed by atoms with E-state index >= 15 is 0 Å². The molecule has 0 spiro atoms. The van der Waals surface area contributed by atoms with Crippen LogP contribution in [0.2, 0.25) is 0 Å². The molecule has 72 valence electrons. The van der Waals surface area contributed by atoms with Crippen LogP contribution in [0.15, 0.2) is 0 Å². The Hall–Kier alpha value is -1.08. The molecule has 4 heteroatoms. The lowest BCUT2D eigenvalue weighted by atomic mass is 9.99. The van der Waals surface area contributed by atoms with Gasteiger partial charge in [0.2, 0.25) is 0 Å². The minimum atomic E-state index is -0.743. The third-order valence-electron chi connectivity index (χ3n) is 2.54. The molecule has 1 atom stereocenters. The maximum atomic E-state index is 10.9. The Labute approximate surface area is 78.5 Å². The zero-order valence-electron chi connectivity index (χ0n) is 7.86. The van der Waals surface area contributed by atoms with Crippen molar-refractivity contribution < 1.29 is 4.79 Å². The van der Waals surface area contributed by atoms with E-state index in [1.54, 1.807) is 0 Å². The highest BCUT2D eigenvalue weighted by Crippen LogP contribution is 2.18. The quantitative estimate of drug-likeness (QED) is 0.629. The van der Waals surface area contributed by atoms with Crippen LogP contribution >= 0.6 is 0 Å². The Morgan fingerprint density at radius 2 is 2.15 bits per heavy atom. The largest absolute Gasteiger partial charge is 0.362 e. The van der Waals surface area contributed by atoms with Crippen LogP contribution in [0.1, 0.15) is 19.8 Å². The van der Waals surface area contributed by atoms with E-state index in [1.807, 2.05) is 4.90 Å². The summed E-state index contributed by atoms with van der Waals surface area (Å²) in [6.07, 6.45) is 1.37. The van der Waals surface area contributed by atoms with Crippen LogP contribution < -0.4 is 5.73 Å². The molecule has 1 heterocycles. The normalized spacial score (nSPS) is 22.2. The number of nitrogens with two attached hydrogens (primary N) is 1. The van der Waals surface area contributed by atoms with Crippen LogP contribution in [0.5, 0.6) is 0 Å². The zero-order chi connectivity index (χ0) is 9.84. The van der Waals surface area contributed by atoms with E-state index in [9.17, 15) is 4.79 Å². The summed E-state index contributed by atoms with van der Waals surface area (Å²) in [5.41, 5.74) is 5.12. The van der Waals surface area contributed by atoms with Crippen molar-refractivity contribution in [2.75, 3.05) is 13.1 Å². The summed E-state index contributed by atoms with van der Waals surface area (Å²) in [6, 6.07) is 0. The highest BCUT2D eigenvalue weighted by molar-refractivity contribution is 5.81.